The number of carbonyl (C=O) groups is 1. The van der Waals surface area contributed by atoms with E-state index in [4.69, 9.17) is 4.74 Å². The highest BCUT2D eigenvalue weighted by atomic mass is 32.2. The number of thioether (sulfide) groups is 1. The topological polar surface area (TPSA) is 29.5 Å². The Morgan fingerprint density at radius 1 is 1.26 bits per heavy atom. The van der Waals surface area contributed by atoms with Crippen LogP contribution in [-0.2, 0) is 9.53 Å². The van der Waals surface area contributed by atoms with Gasteiger partial charge in [0.15, 0.2) is 0 Å². The molecule has 0 aromatic heterocycles. The second-order valence-electron chi connectivity index (χ2n) is 6.32. The minimum atomic E-state index is 0.169. The molecule has 3 saturated heterocycles. The first-order chi connectivity index (χ1) is 9.31. The van der Waals surface area contributed by atoms with Gasteiger partial charge in [0.2, 0.25) is 0 Å². The van der Waals surface area contributed by atoms with Crippen LogP contribution >= 0.6 is 11.8 Å². The van der Waals surface area contributed by atoms with Crippen molar-refractivity contribution in [1.29, 1.82) is 0 Å². The van der Waals surface area contributed by atoms with E-state index in [-0.39, 0.29) is 11.5 Å². The molecule has 0 aromatic carbocycles. The molecule has 2 atom stereocenters. The summed E-state index contributed by atoms with van der Waals surface area (Å²) in [5.41, 5.74) is 0.169. The minimum absolute atomic E-state index is 0.169. The highest BCUT2D eigenvalue weighted by Gasteiger charge is 2.41. The van der Waals surface area contributed by atoms with Gasteiger partial charge in [0.1, 0.15) is 6.29 Å². The summed E-state index contributed by atoms with van der Waals surface area (Å²) in [5.74, 6) is 2.78. The second-order valence-corrected chi connectivity index (χ2v) is 7.55. The first kappa shape index (κ1) is 13.9. The average Bonchev–Trinajstić information content (AvgIpc) is 2.48. The van der Waals surface area contributed by atoms with Crippen molar-refractivity contribution in [2.75, 3.05) is 31.2 Å². The fourth-order valence-corrected chi connectivity index (χ4v) is 5.13. The molecule has 3 fully saturated rings. The van der Waals surface area contributed by atoms with Crippen LogP contribution in [0.15, 0.2) is 0 Å². The Morgan fingerprint density at radius 2 is 2.11 bits per heavy atom. The predicted octanol–water partition coefficient (Wildman–Crippen LogP) is 2.34. The molecule has 0 N–H and O–H groups in total. The maximum atomic E-state index is 11.0. The molecule has 3 aliphatic rings. The van der Waals surface area contributed by atoms with Crippen molar-refractivity contribution in [1.82, 2.24) is 4.90 Å². The molecule has 0 amide bonds. The Bertz CT molecular complexity index is 312. The zero-order chi connectivity index (χ0) is 13.1. The van der Waals surface area contributed by atoms with Gasteiger partial charge in [-0.2, -0.15) is 11.8 Å². The van der Waals surface area contributed by atoms with Gasteiger partial charge in [-0.3, -0.25) is 4.90 Å². The van der Waals surface area contributed by atoms with E-state index in [0.29, 0.717) is 6.04 Å². The quantitative estimate of drug-likeness (QED) is 0.728. The normalized spacial score (nSPS) is 36.2. The van der Waals surface area contributed by atoms with Crippen LogP contribution in [0.5, 0.6) is 0 Å². The number of hydrogen-bond donors (Lipinski definition) is 0. The lowest BCUT2D eigenvalue weighted by atomic mass is 9.84. The molecule has 3 heterocycles. The van der Waals surface area contributed by atoms with E-state index in [1.807, 2.05) is 0 Å². The smallest absolute Gasteiger partial charge is 0.124 e. The van der Waals surface area contributed by atoms with Crippen molar-refractivity contribution in [3.05, 3.63) is 0 Å². The van der Waals surface area contributed by atoms with Gasteiger partial charge in [0.25, 0.3) is 0 Å². The van der Waals surface area contributed by atoms with E-state index in [2.05, 4.69) is 16.7 Å². The molecule has 3 rings (SSSR count). The van der Waals surface area contributed by atoms with Crippen LogP contribution in [0.3, 0.4) is 0 Å². The van der Waals surface area contributed by atoms with Gasteiger partial charge in [0, 0.05) is 25.1 Å². The molecule has 0 saturated carbocycles. The second kappa shape index (κ2) is 6.15. The lowest BCUT2D eigenvalue weighted by molar-refractivity contribution is -0.120. The molecule has 0 radical (unpaired) electrons. The van der Waals surface area contributed by atoms with Crippen LogP contribution in [0.25, 0.3) is 0 Å². The number of ether oxygens (including phenoxy) is 1. The van der Waals surface area contributed by atoms with Crippen molar-refractivity contribution in [2.45, 2.75) is 50.2 Å². The molecule has 19 heavy (non-hydrogen) atoms. The summed E-state index contributed by atoms with van der Waals surface area (Å²) < 4.78 is 6.17. The first-order valence-corrected chi connectivity index (χ1v) is 8.88. The van der Waals surface area contributed by atoms with Gasteiger partial charge >= 0.3 is 0 Å². The summed E-state index contributed by atoms with van der Waals surface area (Å²) in [7, 11) is 0. The van der Waals surface area contributed by atoms with Crippen LogP contribution in [0.4, 0.5) is 0 Å². The summed E-state index contributed by atoms with van der Waals surface area (Å²) in [6, 6.07) is 0.652. The van der Waals surface area contributed by atoms with E-state index in [1.165, 1.54) is 50.0 Å². The van der Waals surface area contributed by atoms with Crippen molar-refractivity contribution in [3.8, 4) is 0 Å². The van der Waals surface area contributed by atoms with E-state index in [0.717, 1.165) is 26.0 Å². The van der Waals surface area contributed by atoms with Crippen molar-refractivity contribution in [2.24, 2.45) is 5.92 Å². The fourth-order valence-electron chi connectivity index (χ4n) is 3.89. The van der Waals surface area contributed by atoms with Crippen molar-refractivity contribution < 1.29 is 9.53 Å². The lowest BCUT2D eigenvalue weighted by Gasteiger charge is -2.47. The van der Waals surface area contributed by atoms with Gasteiger partial charge in [-0.25, -0.2) is 0 Å². The molecule has 2 unspecified atom stereocenters. The third-order valence-corrected chi connectivity index (χ3v) is 6.05. The number of piperidine rings is 1. The Kier molecular flexibility index (Phi) is 4.50. The number of carbonyl (C=O) groups excluding carboxylic acids is 1. The molecule has 4 heteroatoms. The number of hydrogen-bond acceptors (Lipinski definition) is 4. The average molecular weight is 283 g/mol. The molecular formula is C15H25NO2S. The van der Waals surface area contributed by atoms with Gasteiger partial charge in [-0.05, 0) is 56.6 Å². The number of likely N-dealkylation sites (tertiary alicyclic amines) is 1. The van der Waals surface area contributed by atoms with Crippen LogP contribution in [-0.4, -0.2) is 54.0 Å². The summed E-state index contributed by atoms with van der Waals surface area (Å²) in [6.07, 6.45) is 8.23. The van der Waals surface area contributed by atoms with Crippen LogP contribution in [0, 0.1) is 5.92 Å². The summed E-state index contributed by atoms with van der Waals surface area (Å²) >= 11 is 2.06. The van der Waals surface area contributed by atoms with E-state index in [1.54, 1.807) is 0 Å². The molecule has 1 spiro atoms. The summed E-state index contributed by atoms with van der Waals surface area (Å²) in [6.45, 7) is 3.08. The van der Waals surface area contributed by atoms with Crippen molar-refractivity contribution >= 4 is 18.0 Å². The Hall–Kier alpha value is -0.0600. The SMILES string of the molecule is O=CC1CCCN(C2CCOC3(CCSCC3)C2)C1. The molecule has 3 aliphatic heterocycles. The molecule has 108 valence electrons. The highest BCUT2D eigenvalue weighted by Crippen LogP contribution is 2.39. The van der Waals surface area contributed by atoms with Gasteiger partial charge in [-0.1, -0.05) is 0 Å². The first-order valence-electron chi connectivity index (χ1n) is 7.72. The van der Waals surface area contributed by atoms with Gasteiger partial charge in [0.05, 0.1) is 5.60 Å². The zero-order valence-electron chi connectivity index (χ0n) is 11.7. The number of aldehydes is 1. The van der Waals surface area contributed by atoms with Crippen LogP contribution in [0.1, 0.15) is 38.5 Å². The maximum Gasteiger partial charge on any atom is 0.124 e. The Labute approximate surface area is 120 Å². The van der Waals surface area contributed by atoms with E-state index >= 15 is 0 Å². The largest absolute Gasteiger partial charge is 0.375 e. The van der Waals surface area contributed by atoms with E-state index in [9.17, 15) is 4.79 Å². The third-order valence-electron chi connectivity index (χ3n) is 5.07. The third kappa shape index (κ3) is 3.17. The fraction of sp³-hybridized carbons (Fsp3) is 0.933. The number of nitrogens with zero attached hydrogens (tertiary/aromatic N) is 1. The van der Waals surface area contributed by atoms with Crippen molar-refractivity contribution in [3.63, 3.8) is 0 Å². The predicted molar refractivity (Wildman–Crippen MR) is 78.6 cm³/mol. The molecule has 3 nitrogen and oxygen atoms in total. The molecule has 0 bridgehead atoms. The molecule has 0 aliphatic carbocycles. The monoisotopic (exact) mass is 283 g/mol. The Morgan fingerprint density at radius 3 is 2.89 bits per heavy atom. The van der Waals surface area contributed by atoms with E-state index < -0.39 is 0 Å². The highest BCUT2D eigenvalue weighted by molar-refractivity contribution is 7.99. The van der Waals surface area contributed by atoms with Crippen LogP contribution in [0.2, 0.25) is 0 Å². The van der Waals surface area contributed by atoms with Crippen LogP contribution < -0.4 is 0 Å². The Balaban J connectivity index is 1.62. The number of rotatable bonds is 2. The summed E-state index contributed by atoms with van der Waals surface area (Å²) in [5, 5.41) is 0. The van der Waals surface area contributed by atoms with Gasteiger partial charge < -0.3 is 9.53 Å². The lowest BCUT2D eigenvalue weighted by Crippen LogP contribution is -2.52. The summed E-state index contributed by atoms with van der Waals surface area (Å²) in [4.78, 5) is 13.6. The maximum absolute atomic E-state index is 11.0. The molecule has 0 aromatic rings. The zero-order valence-corrected chi connectivity index (χ0v) is 12.5. The molecular weight excluding hydrogens is 258 g/mol. The standard InChI is InChI=1S/C15H25NO2S/c17-12-13-2-1-6-16(11-13)14-3-7-18-15(10-14)4-8-19-9-5-15/h12-14H,1-11H2. The van der Waals surface area contributed by atoms with Gasteiger partial charge in [-0.15, -0.1) is 0 Å². The minimum Gasteiger partial charge on any atom is -0.375 e.